The second-order valence-corrected chi connectivity index (χ2v) is 9.26. The number of hydrogen-bond acceptors (Lipinski definition) is 4. The zero-order valence-corrected chi connectivity index (χ0v) is 18.0. The van der Waals surface area contributed by atoms with Gasteiger partial charge in [0, 0.05) is 31.1 Å². The highest BCUT2D eigenvalue weighted by atomic mass is 32.2. The van der Waals surface area contributed by atoms with E-state index in [1.165, 1.54) is 23.3 Å². The van der Waals surface area contributed by atoms with Crippen LogP contribution in [0, 0.1) is 11.3 Å². The molecule has 0 radical (unpaired) electrons. The Balaban J connectivity index is 1.75. The van der Waals surface area contributed by atoms with Crippen molar-refractivity contribution >= 4 is 15.9 Å². The number of hydrogen-bond donors (Lipinski definition) is 1. The highest BCUT2D eigenvalue weighted by molar-refractivity contribution is 7.89. The first kappa shape index (κ1) is 22.0. The number of nitriles is 1. The van der Waals surface area contributed by atoms with E-state index in [-0.39, 0.29) is 29.8 Å². The molecule has 0 bridgehead atoms. The summed E-state index contributed by atoms with van der Waals surface area (Å²) in [6, 6.07) is 16.5. The number of fused-ring (bicyclic) bond motifs is 1. The lowest BCUT2D eigenvalue weighted by Gasteiger charge is -2.35. The zero-order valence-electron chi connectivity index (χ0n) is 17.2. The number of aryl methyl sites for hydroxylation is 1. The number of rotatable bonds is 8. The highest BCUT2D eigenvalue weighted by Gasteiger charge is 2.28. The zero-order chi connectivity index (χ0) is 21.6. The van der Waals surface area contributed by atoms with Gasteiger partial charge in [-0.1, -0.05) is 31.2 Å². The van der Waals surface area contributed by atoms with E-state index >= 15 is 0 Å². The molecule has 0 saturated heterocycles. The van der Waals surface area contributed by atoms with E-state index in [0.29, 0.717) is 12.1 Å². The van der Waals surface area contributed by atoms with Crippen molar-refractivity contribution in [3.8, 4) is 6.07 Å². The molecule has 2 aromatic rings. The Labute approximate surface area is 178 Å². The van der Waals surface area contributed by atoms with Crippen LogP contribution in [-0.4, -0.2) is 38.4 Å². The molecule has 1 unspecified atom stereocenters. The molecular formula is C23H27N3O3S. The van der Waals surface area contributed by atoms with Gasteiger partial charge in [0.05, 0.1) is 11.0 Å². The molecule has 1 atom stereocenters. The van der Waals surface area contributed by atoms with Gasteiger partial charge in [0.15, 0.2) is 0 Å². The van der Waals surface area contributed by atoms with Crippen LogP contribution in [0.3, 0.4) is 0 Å². The number of sulfonamides is 1. The number of carbonyl (C=O) groups excluding carboxylic acids is 1. The van der Waals surface area contributed by atoms with Crippen LogP contribution >= 0.6 is 0 Å². The summed E-state index contributed by atoms with van der Waals surface area (Å²) in [6.07, 6.45) is 3.69. The van der Waals surface area contributed by atoms with Crippen molar-refractivity contribution in [2.24, 2.45) is 0 Å². The van der Waals surface area contributed by atoms with Crippen molar-refractivity contribution in [1.82, 2.24) is 9.62 Å². The van der Waals surface area contributed by atoms with E-state index in [9.17, 15) is 13.2 Å². The van der Waals surface area contributed by atoms with Gasteiger partial charge in [-0.2, -0.15) is 5.26 Å². The molecule has 158 valence electrons. The molecule has 1 aliphatic rings. The van der Waals surface area contributed by atoms with Gasteiger partial charge in [-0.25, -0.2) is 13.1 Å². The maximum absolute atomic E-state index is 13.2. The summed E-state index contributed by atoms with van der Waals surface area (Å²) in [5, 5.41) is 8.56. The first-order chi connectivity index (χ1) is 14.5. The molecule has 0 aliphatic heterocycles. The Bertz CT molecular complexity index is 1030. The predicted molar refractivity (Wildman–Crippen MR) is 115 cm³/mol. The maximum Gasteiger partial charge on any atom is 0.254 e. The Hall–Kier alpha value is -2.69. The van der Waals surface area contributed by atoms with Crippen molar-refractivity contribution in [3.05, 3.63) is 65.2 Å². The summed E-state index contributed by atoms with van der Waals surface area (Å²) in [5.74, 6) is -0.0670. The van der Waals surface area contributed by atoms with E-state index in [0.717, 1.165) is 25.7 Å². The summed E-state index contributed by atoms with van der Waals surface area (Å²) < 4.78 is 26.9. The van der Waals surface area contributed by atoms with Gasteiger partial charge >= 0.3 is 0 Å². The lowest BCUT2D eigenvalue weighted by Crippen LogP contribution is -2.43. The summed E-state index contributed by atoms with van der Waals surface area (Å²) in [6.45, 7) is 2.79. The van der Waals surface area contributed by atoms with E-state index in [2.05, 4.69) is 29.8 Å². The highest BCUT2D eigenvalue weighted by Crippen LogP contribution is 2.26. The molecule has 0 heterocycles. The van der Waals surface area contributed by atoms with Gasteiger partial charge < -0.3 is 4.90 Å². The molecule has 3 rings (SSSR count). The van der Waals surface area contributed by atoms with Crippen LogP contribution in [0.4, 0.5) is 0 Å². The molecule has 1 N–H and O–H groups in total. The first-order valence-corrected chi connectivity index (χ1v) is 11.8. The van der Waals surface area contributed by atoms with Crippen LogP contribution in [0.15, 0.2) is 53.4 Å². The normalized spacial score (nSPS) is 15.8. The minimum absolute atomic E-state index is 0.0624. The van der Waals surface area contributed by atoms with Gasteiger partial charge in [0.2, 0.25) is 10.0 Å². The SMILES string of the molecule is CCCN(C(=O)c1ccc(S(=O)(=O)NCCC#N)cc1)C1CCc2ccccc2C1. The van der Waals surface area contributed by atoms with Crippen molar-refractivity contribution < 1.29 is 13.2 Å². The minimum atomic E-state index is -3.69. The maximum atomic E-state index is 13.2. The summed E-state index contributed by atoms with van der Waals surface area (Å²) in [4.78, 5) is 15.3. The first-order valence-electron chi connectivity index (χ1n) is 10.3. The molecule has 0 spiro atoms. The van der Waals surface area contributed by atoms with E-state index in [1.54, 1.807) is 12.1 Å². The fourth-order valence-electron chi connectivity index (χ4n) is 3.90. The van der Waals surface area contributed by atoms with Gasteiger partial charge in [-0.05, 0) is 61.1 Å². The largest absolute Gasteiger partial charge is 0.335 e. The van der Waals surface area contributed by atoms with Crippen LogP contribution in [0.2, 0.25) is 0 Å². The van der Waals surface area contributed by atoms with E-state index in [4.69, 9.17) is 5.26 Å². The fraction of sp³-hybridized carbons (Fsp3) is 0.391. The fourth-order valence-corrected chi connectivity index (χ4v) is 4.93. The number of carbonyl (C=O) groups is 1. The molecule has 0 fully saturated rings. The lowest BCUT2D eigenvalue weighted by molar-refractivity contribution is 0.0661. The van der Waals surface area contributed by atoms with E-state index in [1.807, 2.05) is 17.0 Å². The molecule has 0 aromatic heterocycles. The predicted octanol–water partition coefficient (Wildman–Crippen LogP) is 3.29. The monoisotopic (exact) mass is 425 g/mol. The second-order valence-electron chi connectivity index (χ2n) is 7.49. The third kappa shape index (κ3) is 5.07. The minimum Gasteiger partial charge on any atom is -0.335 e. The summed E-state index contributed by atoms with van der Waals surface area (Å²) in [7, 11) is -3.69. The van der Waals surface area contributed by atoms with Crippen LogP contribution in [0.1, 0.15) is 47.7 Å². The Morgan fingerprint density at radius 1 is 1.17 bits per heavy atom. The molecule has 6 nitrogen and oxygen atoms in total. The second kappa shape index (κ2) is 9.88. The molecule has 0 saturated carbocycles. The molecule has 1 amide bonds. The molecule has 1 aliphatic carbocycles. The Morgan fingerprint density at radius 3 is 2.53 bits per heavy atom. The van der Waals surface area contributed by atoms with Gasteiger partial charge in [-0.15, -0.1) is 0 Å². The molecular weight excluding hydrogens is 398 g/mol. The lowest BCUT2D eigenvalue weighted by atomic mass is 9.87. The molecule has 30 heavy (non-hydrogen) atoms. The molecule has 7 heteroatoms. The van der Waals surface area contributed by atoms with Gasteiger partial charge in [0.1, 0.15) is 0 Å². The summed E-state index contributed by atoms with van der Waals surface area (Å²) in [5.41, 5.74) is 3.14. The van der Waals surface area contributed by atoms with E-state index < -0.39 is 10.0 Å². The quantitative estimate of drug-likeness (QED) is 0.657. The van der Waals surface area contributed by atoms with Crippen LogP contribution in [-0.2, 0) is 22.9 Å². The van der Waals surface area contributed by atoms with Crippen molar-refractivity contribution in [2.75, 3.05) is 13.1 Å². The van der Waals surface area contributed by atoms with Crippen LogP contribution in [0.5, 0.6) is 0 Å². The smallest absolute Gasteiger partial charge is 0.254 e. The molecule has 2 aromatic carbocycles. The average molecular weight is 426 g/mol. The topological polar surface area (TPSA) is 90.3 Å². The average Bonchev–Trinajstić information content (AvgIpc) is 2.77. The van der Waals surface area contributed by atoms with Gasteiger partial charge in [0.25, 0.3) is 5.91 Å². The van der Waals surface area contributed by atoms with Crippen LogP contribution < -0.4 is 4.72 Å². The third-order valence-corrected chi connectivity index (χ3v) is 6.90. The number of nitrogens with one attached hydrogen (secondary N) is 1. The van der Waals surface area contributed by atoms with Crippen LogP contribution in [0.25, 0.3) is 0 Å². The number of benzene rings is 2. The van der Waals surface area contributed by atoms with Crippen molar-refractivity contribution in [2.45, 2.75) is 50.0 Å². The van der Waals surface area contributed by atoms with Crippen molar-refractivity contribution in [3.63, 3.8) is 0 Å². The number of nitrogens with zero attached hydrogens (tertiary/aromatic N) is 2. The van der Waals surface area contributed by atoms with Crippen molar-refractivity contribution in [1.29, 1.82) is 5.26 Å². The Morgan fingerprint density at radius 2 is 1.87 bits per heavy atom. The standard InChI is InChI=1S/C23H27N3O3S/c1-2-16-26(21-11-8-18-6-3-4-7-20(18)17-21)23(27)19-9-12-22(13-10-19)30(28,29)25-15-5-14-24/h3-4,6-7,9-10,12-13,21,25H,2,5,8,11,15-17H2,1H3. The Kier molecular flexibility index (Phi) is 7.24. The number of amides is 1. The van der Waals surface area contributed by atoms with Gasteiger partial charge in [-0.3, -0.25) is 4.79 Å². The third-order valence-electron chi connectivity index (χ3n) is 5.43. The summed E-state index contributed by atoms with van der Waals surface area (Å²) >= 11 is 0.